The SMILES string of the molecule is CCO[C@H]1CC[C@](C)(C2CC[C@@]3(C)C(CC[C@@H]3[C@H](C)CCC(=O)O)C2CC=O)C(=O)C1. The first-order chi connectivity index (χ1) is 14.7. The van der Waals surface area contributed by atoms with Crippen LogP contribution in [0.25, 0.3) is 0 Å². The molecule has 0 aromatic heterocycles. The molecule has 0 aromatic rings. The number of carboxylic acid groups (broad SMARTS) is 1. The van der Waals surface area contributed by atoms with Gasteiger partial charge in [0.05, 0.1) is 6.10 Å². The van der Waals surface area contributed by atoms with Crippen molar-refractivity contribution in [2.75, 3.05) is 6.61 Å². The van der Waals surface area contributed by atoms with E-state index in [1.54, 1.807) is 0 Å². The fourth-order valence-corrected chi connectivity index (χ4v) is 7.96. The molecule has 0 bridgehead atoms. The Balaban J connectivity index is 1.79. The van der Waals surface area contributed by atoms with Gasteiger partial charge in [-0.3, -0.25) is 9.59 Å². The third-order valence-electron chi connectivity index (χ3n) is 9.64. The number of aliphatic carboxylic acids is 1. The number of Topliss-reactive ketones (excluding diaryl/α,β-unsaturated/α-hetero) is 1. The lowest BCUT2D eigenvalue weighted by Crippen LogP contribution is -2.52. The highest BCUT2D eigenvalue weighted by Crippen LogP contribution is 2.64. The van der Waals surface area contributed by atoms with E-state index >= 15 is 0 Å². The third-order valence-corrected chi connectivity index (χ3v) is 9.64. The van der Waals surface area contributed by atoms with Crippen molar-refractivity contribution in [2.45, 2.75) is 98.0 Å². The minimum Gasteiger partial charge on any atom is -0.481 e. The number of ketones is 1. The van der Waals surface area contributed by atoms with E-state index in [0.29, 0.717) is 43.0 Å². The lowest BCUT2D eigenvalue weighted by molar-refractivity contribution is -0.148. The summed E-state index contributed by atoms with van der Waals surface area (Å²) in [6, 6.07) is 0. The van der Waals surface area contributed by atoms with E-state index in [1.165, 1.54) is 0 Å². The molecule has 3 rings (SSSR count). The van der Waals surface area contributed by atoms with E-state index in [9.17, 15) is 14.4 Å². The normalized spacial score (nSPS) is 41.5. The molecular formula is C26H42O5. The molecule has 8 atom stereocenters. The molecule has 0 radical (unpaired) electrons. The molecule has 0 spiro atoms. The number of carbonyl (C=O) groups is 3. The van der Waals surface area contributed by atoms with E-state index < -0.39 is 5.97 Å². The first-order valence-electron chi connectivity index (χ1n) is 12.5. The molecule has 0 saturated heterocycles. The van der Waals surface area contributed by atoms with Crippen LogP contribution in [0.4, 0.5) is 0 Å². The number of fused-ring (bicyclic) bond motifs is 1. The monoisotopic (exact) mass is 434 g/mol. The van der Waals surface area contributed by atoms with Crippen LogP contribution in [0.1, 0.15) is 91.9 Å². The van der Waals surface area contributed by atoms with Gasteiger partial charge in [-0.05, 0) is 86.9 Å². The third kappa shape index (κ3) is 4.62. The average molecular weight is 435 g/mol. The van der Waals surface area contributed by atoms with E-state index in [1.807, 2.05) is 6.92 Å². The average Bonchev–Trinajstić information content (AvgIpc) is 3.07. The van der Waals surface area contributed by atoms with Gasteiger partial charge in [-0.25, -0.2) is 0 Å². The summed E-state index contributed by atoms with van der Waals surface area (Å²) in [5.74, 6) is 1.45. The molecule has 3 aliphatic carbocycles. The Labute approximate surface area is 187 Å². The van der Waals surface area contributed by atoms with Crippen LogP contribution in [-0.4, -0.2) is 35.9 Å². The minimum absolute atomic E-state index is 0.0508. The molecule has 1 N–H and O–H groups in total. The van der Waals surface area contributed by atoms with Crippen LogP contribution in [0.5, 0.6) is 0 Å². The number of aldehydes is 1. The van der Waals surface area contributed by atoms with Crippen LogP contribution in [0.3, 0.4) is 0 Å². The Hall–Kier alpha value is -1.23. The van der Waals surface area contributed by atoms with Gasteiger partial charge < -0.3 is 14.6 Å². The van der Waals surface area contributed by atoms with Crippen LogP contribution >= 0.6 is 0 Å². The van der Waals surface area contributed by atoms with Crippen molar-refractivity contribution in [2.24, 2.45) is 40.4 Å². The first kappa shape index (κ1) is 24.4. The van der Waals surface area contributed by atoms with Crippen molar-refractivity contribution in [3.63, 3.8) is 0 Å². The predicted molar refractivity (Wildman–Crippen MR) is 120 cm³/mol. The number of ether oxygens (including phenoxy) is 1. The van der Waals surface area contributed by atoms with Crippen molar-refractivity contribution in [1.29, 1.82) is 0 Å². The zero-order chi connectivity index (χ0) is 22.8. The summed E-state index contributed by atoms with van der Waals surface area (Å²) >= 11 is 0. The van der Waals surface area contributed by atoms with Crippen LogP contribution in [0, 0.1) is 40.4 Å². The fourth-order valence-electron chi connectivity index (χ4n) is 7.96. The topological polar surface area (TPSA) is 80.7 Å². The molecule has 3 fully saturated rings. The Morgan fingerprint density at radius 3 is 2.55 bits per heavy atom. The Morgan fingerprint density at radius 1 is 1.19 bits per heavy atom. The maximum atomic E-state index is 13.3. The molecule has 5 heteroatoms. The van der Waals surface area contributed by atoms with Crippen LogP contribution in [0.2, 0.25) is 0 Å². The largest absolute Gasteiger partial charge is 0.481 e. The van der Waals surface area contributed by atoms with Gasteiger partial charge in [0.1, 0.15) is 12.1 Å². The Kier molecular flexibility index (Phi) is 7.66. The molecular weight excluding hydrogens is 392 g/mol. The van der Waals surface area contributed by atoms with E-state index in [2.05, 4.69) is 20.8 Å². The zero-order valence-electron chi connectivity index (χ0n) is 19.9. The number of hydrogen-bond donors (Lipinski definition) is 1. The molecule has 5 nitrogen and oxygen atoms in total. The van der Waals surface area contributed by atoms with Gasteiger partial charge >= 0.3 is 5.97 Å². The number of carboxylic acids is 1. The number of hydrogen-bond acceptors (Lipinski definition) is 4. The van der Waals surface area contributed by atoms with Crippen LogP contribution in [0.15, 0.2) is 0 Å². The highest BCUT2D eigenvalue weighted by atomic mass is 16.5. The Bertz CT molecular complexity index is 675. The molecule has 3 saturated carbocycles. The predicted octanol–water partition coefficient (Wildman–Crippen LogP) is 5.30. The van der Waals surface area contributed by atoms with Crippen molar-refractivity contribution >= 4 is 18.0 Å². The number of rotatable bonds is 9. The maximum Gasteiger partial charge on any atom is 0.303 e. The van der Waals surface area contributed by atoms with Gasteiger partial charge in [0.25, 0.3) is 0 Å². The second kappa shape index (κ2) is 9.72. The molecule has 176 valence electrons. The summed E-state index contributed by atoms with van der Waals surface area (Å²) in [5.41, 5.74) is -0.209. The molecule has 0 heterocycles. The summed E-state index contributed by atoms with van der Waals surface area (Å²) < 4.78 is 5.75. The van der Waals surface area contributed by atoms with Crippen molar-refractivity contribution in [3.05, 3.63) is 0 Å². The van der Waals surface area contributed by atoms with Crippen molar-refractivity contribution in [1.82, 2.24) is 0 Å². The van der Waals surface area contributed by atoms with E-state index in [-0.39, 0.29) is 35.2 Å². The molecule has 0 amide bonds. The smallest absolute Gasteiger partial charge is 0.303 e. The molecule has 3 aliphatic rings. The molecule has 3 unspecified atom stereocenters. The summed E-state index contributed by atoms with van der Waals surface area (Å²) in [5, 5.41) is 9.12. The van der Waals surface area contributed by atoms with Crippen molar-refractivity contribution in [3.8, 4) is 0 Å². The van der Waals surface area contributed by atoms with Gasteiger partial charge in [0.2, 0.25) is 0 Å². The lowest BCUT2D eigenvalue weighted by Gasteiger charge is -2.55. The first-order valence-corrected chi connectivity index (χ1v) is 12.5. The highest BCUT2D eigenvalue weighted by Gasteiger charge is 2.59. The van der Waals surface area contributed by atoms with E-state index in [0.717, 1.165) is 51.2 Å². The zero-order valence-corrected chi connectivity index (χ0v) is 19.9. The van der Waals surface area contributed by atoms with Gasteiger partial charge in [-0.1, -0.05) is 20.8 Å². The summed E-state index contributed by atoms with van der Waals surface area (Å²) in [4.78, 5) is 36.1. The maximum absolute atomic E-state index is 13.3. The summed E-state index contributed by atoms with van der Waals surface area (Å²) in [7, 11) is 0. The quantitative estimate of drug-likeness (QED) is 0.498. The standard InChI is InChI=1S/C26H42O5/c1-5-31-18-10-13-26(4,23(28)16-18)22-11-14-25(3)20(17(2)6-9-24(29)30)7-8-21(25)19(22)12-15-27/h15,17-22H,5-14,16H2,1-4H3,(H,29,30)/t17-,18+,19?,20-,21?,22?,25-,26-/m1/s1. The van der Waals surface area contributed by atoms with Gasteiger partial charge in [0, 0.05) is 31.3 Å². The molecule has 0 aliphatic heterocycles. The summed E-state index contributed by atoms with van der Waals surface area (Å²) in [6.45, 7) is 9.38. The second-order valence-electron chi connectivity index (χ2n) is 11.1. The van der Waals surface area contributed by atoms with Gasteiger partial charge in [0.15, 0.2) is 0 Å². The minimum atomic E-state index is -0.719. The second-order valence-corrected chi connectivity index (χ2v) is 11.1. The molecule has 31 heavy (non-hydrogen) atoms. The summed E-state index contributed by atoms with van der Waals surface area (Å²) in [6.07, 6.45) is 9.19. The fraction of sp³-hybridized carbons (Fsp3) is 0.885. The highest BCUT2D eigenvalue weighted by molar-refractivity contribution is 5.86. The van der Waals surface area contributed by atoms with Crippen LogP contribution in [-0.2, 0) is 19.1 Å². The lowest BCUT2D eigenvalue weighted by atomic mass is 9.49. The number of carbonyl (C=O) groups excluding carboxylic acids is 2. The van der Waals surface area contributed by atoms with Gasteiger partial charge in [-0.2, -0.15) is 0 Å². The Morgan fingerprint density at radius 2 is 1.94 bits per heavy atom. The van der Waals surface area contributed by atoms with E-state index in [4.69, 9.17) is 9.84 Å². The molecule has 0 aromatic carbocycles. The van der Waals surface area contributed by atoms with Gasteiger partial charge in [-0.15, -0.1) is 0 Å². The van der Waals surface area contributed by atoms with Crippen LogP contribution < -0.4 is 0 Å². The van der Waals surface area contributed by atoms with Crippen molar-refractivity contribution < 1.29 is 24.2 Å².